The first-order valence-corrected chi connectivity index (χ1v) is 6.90. The summed E-state index contributed by atoms with van der Waals surface area (Å²) in [6.07, 6.45) is 1.40. The molecule has 0 bridgehead atoms. The summed E-state index contributed by atoms with van der Waals surface area (Å²) in [4.78, 5) is 11.9. The van der Waals surface area contributed by atoms with E-state index in [4.69, 9.17) is 9.47 Å². The number of carbonyl (C=O) groups excluding carboxylic acids is 1. The van der Waals surface area contributed by atoms with Crippen molar-refractivity contribution in [1.29, 1.82) is 0 Å². The Labute approximate surface area is 132 Å². The molecule has 7 heteroatoms. The number of aromatic nitrogens is 2. The summed E-state index contributed by atoms with van der Waals surface area (Å²) in [5.41, 5.74) is 0.426. The Morgan fingerprint density at radius 1 is 1.43 bits per heavy atom. The molecule has 0 atom stereocenters. The van der Waals surface area contributed by atoms with Gasteiger partial charge in [-0.15, -0.1) is 0 Å². The number of rotatable bonds is 6. The average Bonchev–Trinajstić information content (AvgIpc) is 2.88. The Kier molecular flexibility index (Phi) is 5.10. The number of hydrogen-bond donors (Lipinski definition) is 0. The molecule has 0 fully saturated rings. The molecule has 2 rings (SSSR count). The SMILES string of the molecule is C=Cc1c(C(=O)OCC)nn(Cc2cc(F)ccc2F)c1OC. The summed E-state index contributed by atoms with van der Waals surface area (Å²) in [7, 11) is 1.39. The second-order valence-electron chi connectivity index (χ2n) is 4.59. The minimum Gasteiger partial charge on any atom is -0.481 e. The Balaban J connectivity index is 2.47. The first-order chi connectivity index (χ1) is 11.0. The second kappa shape index (κ2) is 7.04. The molecule has 1 aromatic heterocycles. The molecular formula is C16H16F2N2O3. The van der Waals surface area contributed by atoms with Crippen LogP contribution < -0.4 is 4.74 Å². The lowest BCUT2D eigenvalue weighted by Crippen LogP contribution is -2.09. The molecule has 0 saturated carbocycles. The largest absolute Gasteiger partial charge is 0.481 e. The number of esters is 1. The van der Waals surface area contributed by atoms with Gasteiger partial charge in [-0.3, -0.25) is 0 Å². The van der Waals surface area contributed by atoms with Gasteiger partial charge in [0.2, 0.25) is 5.88 Å². The van der Waals surface area contributed by atoms with E-state index in [1.165, 1.54) is 17.9 Å². The maximum Gasteiger partial charge on any atom is 0.359 e. The molecule has 0 aliphatic rings. The number of benzene rings is 1. The van der Waals surface area contributed by atoms with Crippen LogP contribution in [-0.2, 0) is 11.3 Å². The van der Waals surface area contributed by atoms with Crippen LogP contribution in [-0.4, -0.2) is 29.5 Å². The molecule has 2 aromatic rings. The van der Waals surface area contributed by atoms with Crippen molar-refractivity contribution in [2.75, 3.05) is 13.7 Å². The molecule has 1 heterocycles. The molecule has 122 valence electrons. The Hall–Kier alpha value is -2.70. The lowest BCUT2D eigenvalue weighted by molar-refractivity contribution is 0.0518. The van der Waals surface area contributed by atoms with Gasteiger partial charge >= 0.3 is 5.97 Å². The molecule has 23 heavy (non-hydrogen) atoms. The summed E-state index contributed by atoms with van der Waals surface area (Å²) >= 11 is 0. The van der Waals surface area contributed by atoms with Gasteiger partial charge in [-0.1, -0.05) is 12.7 Å². The molecule has 5 nitrogen and oxygen atoms in total. The van der Waals surface area contributed by atoms with Crippen molar-refractivity contribution < 1.29 is 23.0 Å². The van der Waals surface area contributed by atoms with E-state index in [2.05, 4.69) is 11.7 Å². The van der Waals surface area contributed by atoms with Gasteiger partial charge in [0.1, 0.15) is 11.6 Å². The zero-order valence-electron chi connectivity index (χ0n) is 12.8. The quantitative estimate of drug-likeness (QED) is 0.767. The van der Waals surface area contributed by atoms with E-state index < -0.39 is 17.6 Å². The molecule has 1 aromatic carbocycles. The van der Waals surface area contributed by atoms with Gasteiger partial charge in [-0.25, -0.2) is 18.3 Å². The number of halogens is 2. The molecule has 0 aliphatic carbocycles. The van der Waals surface area contributed by atoms with Crippen LogP contribution in [0.3, 0.4) is 0 Å². The van der Waals surface area contributed by atoms with Gasteiger partial charge in [-0.05, 0) is 25.1 Å². The van der Waals surface area contributed by atoms with Crippen LogP contribution in [0.4, 0.5) is 8.78 Å². The minimum atomic E-state index is -0.640. The molecule has 0 N–H and O–H groups in total. The normalized spacial score (nSPS) is 10.4. The van der Waals surface area contributed by atoms with Crippen molar-refractivity contribution in [3.8, 4) is 5.88 Å². The number of nitrogens with zero attached hydrogens (tertiary/aromatic N) is 2. The van der Waals surface area contributed by atoms with Crippen LogP contribution in [0.2, 0.25) is 0 Å². The van der Waals surface area contributed by atoms with Crippen LogP contribution >= 0.6 is 0 Å². The minimum absolute atomic E-state index is 0.00973. The van der Waals surface area contributed by atoms with Gasteiger partial charge in [-0.2, -0.15) is 5.10 Å². The van der Waals surface area contributed by atoms with Gasteiger partial charge in [0.05, 0.1) is 25.8 Å². The topological polar surface area (TPSA) is 53.3 Å². The molecule has 0 unspecified atom stereocenters. The third-order valence-corrected chi connectivity index (χ3v) is 3.13. The van der Waals surface area contributed by atoms with E-state index in [1.54, 1.807) is 6.92 Å². The third-order valence-electron chi connectivity index (χ3n) is 3.13. The highest BCUT2D eigenvalue weighted by atomic mass is 19.1. The van der Waals surface area contributed by atoms with E-state index in [0.29, 0.717) is 5.56 Å². The van der Waals surface area contributed by atoms with E-state index in [0.717, 1.165) is 18.2 Å². The van der Waals surface area contributed by atoms with Gasteiger partial charge in [0, 0.05) is 5.56 Å². The molecule has 0 radical (unpaired) electrons. The van der Waals surface area contributed by atoms with Gasteiger partial charge in [0.25, 0.3) is 0 Å². The maximum atomic E-state index is 13.8. The summed E-state index contributed by atoms with van der Waals surface area (Å²) in [6.45, 7) is 5.37. The van der Waals surface area contributed by atoms with E-state index in [-0.39, 0.29) is 30.3 Å². The fourth-order valence-corrected chi connectivity index (χ4v) is 2.14. The predicted octanol–water partition coefficient (Wildman–Crippen LogP) is 3.04. The van der Waals surface area contributed by atoms with Crippen LogP contribution in [0, 0.1) is 11.6 Å². The Morgan fingerprint density at radius 3 is 2.78 bits per heavy atom. The summed E-state index contributed by atoms with van der Waals surface area (Å²) < 4.78 is 38.5. The highest BCUT2D eigenvalue weighted by Crippen LogP contribution is 2.26. The van der Waals surface area contributed by atoms with Gasteiger partial charge < -0.3 is 9.47 Å². The van der Waals surface area contributed by atoms with E-state index in [1.807, 2.05) is 0 Å². The molecule has 0 aliphatic heterocycles. The van der Waals surface area contributed by atoms with Gasteiger partial charge in [0.15, 0.2) is 5.69 Å². The summed E-state index contributed by atoms with van der Waals surface area (Å²) in [5.74, 6) is -1.57. The molecule has 0 spiro atoms. The zero-order chi connectivity index (χ0) is 17.0. The van der Waals surface area contributed by atoms with Crippen molar-refractivity contribution in [2.24, 2.45) is 0 Å². The average molecular weight is 322 g/mol. The Bertz CT molecular complexity index is 741. The van der Waals surface area contributed by atoms with Crippen LogP contribution in [0.15, 0.2) is 24.8 Å². The van der Waals surface area contributed by atoms with E-state index in [9.17, 15) is 13.6 Å². The van der Waals surface area contributed by atoms with Crippen molar-refractivity contribution in [3.05, 3.63) is 53.2 Å². The standard InChI is InChI=1S/C16H16F2N2O3/c1-4-12-14(16(21)23-5-2)19-20(15(12)22-3)9-10-8-11(17)6-7-13(10)18/h4,6-8H,1,5,9H2,2-3H3. The highest BCUT2D eigenvalue weighted by molar-refractivity contribution is 5.92. The smallest absolute Gasteiger partial charge is 0.359 e. The predicted molar refractivity (Wildman–Crippen MR) is 80.3 cm³/mol. The lowest BCUT2D eigenvalue weighted by Gasteiger charge is -2.08. The van der Waals surface area contributed by atoms with Crippen molar-refractivity contribution in [3.63, 3.8) is 0 Å². The number of ether oxygens (including phenoxy) is 2. The summed E-state index contributed by atoms with van der Waals surface area (Å²) in [5, 5.41) is 4.09. The monoisotopic (exact) mass is 322 g/mol. The fraction of sp³-hybridized carbons (Fsp3) is 0.250. The lowest BCUT2D eigenvalue weighted by atomic mass is 10.2. The first kappa shape index (κ1) is 16.7. The van der Waals surface area contributed by atoms with Crippen molar-refractivity contribution in [2.45, 2.75) is 13.5 Å². The number of carbonyl (C=O) groups is 1. The second-order valence-corrected chi connectivity index (χ2v) is 4.59. The highest BCUT2D eigenvalue weighted by Gasteiger charge is 2.23. The first-order valence-electron chi connectivity index (χ1n) is 6.90. The Morgan fingerprint density at radius 2 is 2.17 bits per heavy atom. The molecule has 0 amide bonds. The number of methoxy groups -OCH3 is 1. The molecular weight excluding hydrogens is 306 g/mol. The summed E-state index contributed by atoms with van der Waals surface area (Å²) in [6, 6.07) is 3.12. The zero-order valence-corrected chi connectivity index (χ0v) is 12.8. The van der Waals surface area contributed by atoms with Crippen molar-refractivity contribution >= 4 is 12.0 Å². The van der Waals surface area contributed by atoms with E-state index >= 15 is 0 Å². The fourth-order valence-electron chi connectivity index (χ4n) is 2.14. The van der Waals surface area contributed by atoms with Crippen LogP contribution in [0.5, 0.6) is 5.88 Å². The van der Waals surface area contributed by atoms with Crippen LogP contribution in [0.25, 0.3) is 6.08 Å². The third kappa shape index (κ3) is 3.39. The van der Waals surface area contributed by atoms with Crippen molar-refractivity contribution in [1.82, 2.24) is 9.78 Å². The molecule has 0 saturated heterocycles. The number of hydrogen-bond acceptors (Lipinski definition) is 4. The maximum absolute atomic E-state index is 13.8. The van der Waals surface area contributed by atoms with Crippen LogP contribution in [0.1, 0.15) is 28.5 Å².